The second kappa shape index (κ2) is 13.8. The maximum absolute atomic E-state index is 12.3. The molecule has 1 heterocycles. The minimum Gasteiger partial charge on any atom is -0.396 e. The number of aliphatic hydroxyl groups is 1. The number of carbonyl (C=O) groups excluding carboxylic acids is 1. The van der Waals surface area contributed by atoms with Crippen molar-refractivity contribution in [3.05, 3.63) is 0 Å². The number of hydrogen-bond donors (Lipinski definition) is 3. The Morgan fingerprint density at radius 2 is 2.07 bits per heavy atom. The molecule has 1 aliphatic heterocycles. The van der Waals surface area contributed by atoms with Gasteiger partial charge in [-0.2, -0.15) is 0 Å². The van der Waals surface area contributed by atoms with Crippen LogP contribution in [0.5, 0.6) is 0 Å². The fourth-order valence-corrected chi connectivity index (χ4v) is 3.64. The molecule has 0 bridgehead atoms. The van der Waals surface area contributed by atoms with Crippen molar-refractivity contribution in [1.29, 1.82) is 0 Å². The van der Waals surface area contributed by atoms with Crippen LogP contribution in [0.1, 0.15) is 52.4 Å². The molecule has 1 rings (SSSR count). The van der Waals surface area contributed by atoms with E-state index in [4.69, 9.17) is 4.99 Å². The Bertz CT molecular complexity index is 436. The molecule has 2 atom stereocenters. The van der Waals surface area contributed by atoms with Gasteiger partial charge in [0.15, 0.2) is 5.96 Å². The molecular weight excluding hydrogens is 342 g/mol. The molecule has 7 nitrogen and oxygen atoms in total. The predicted octanol–water partition coefficient (Wildman–Crippen LogP) is 1.28. The first-order valence-electron chi connectivity index (χ1n) is 10.6. The van der Waals surface area contributed by atoms with Crippen molar-refractivity contribution in [2.24, 2.45) is 10.9 Å². The second-order valence-electron chi connectivity index (χ2n) is 7.59. The van der Waals surface area contributed by atoms with Gasteiger partial charge in [0.25, 0.3) is 0 Å². The van der Waals surface area contributed by atoms with Gasteiger partial charge < -0.3 is 20.6 Å². The number of hydrogen-bond acceptors (Lipinski definition) is 4. The highest BCUT2D eigenvalue weighted by atomic mass is 16.3. The number of rotatable bonds is 12. The molecule has 0 saturated carbocycles. The Labute approximate surface area is 165 Å². The zero-order valence-corrected chi connectivity index (χ0v) is 17.8. The van der Waals surface area contributed by atoms with Gasteiger partial charge >= 0.3 is 0 Å². The van der Waals surface area contributed by atoms with Crippen molar-refractivity contribution >= 4 is 11.9 Å². The first-order valence-corrected chi connectivity index (χ1v) is 10.6. The molecule has 0 aromatic heterocycles. The smallest absolute Gasteiger partial charge is 0.239 e. The van der Waals surface area contributed by atoms with Crippen LogP contribution in [0.15, 0.2) is 4.99 Å². The maximum Gasteiger partial charge on any atom is 0.239 e. The van der Waals surface area contributed by atoms with E-state index in [1.807, 2.05) is 14.1 Å². The lowest BCUT2D eigenvalue weighted by molar-refractivity contribution is -0.133. The Morgan fingerprint density at radius 1 is 1.30 bits per heavy atom. The standard InChI is InChI=1S/C20H41N5O2/c1-5-9-17(11-15-26)16-23-20(21-6-2)22-12-8-14-25-13-7-10-18(25)19(27)24(3)4/h17-18,26H,5-16H2,1-4H3,(H2,21,22,23). The number of guanidine groups is 1. The highest BCUT2D eigenvalue weighted by Crippen LogP contribution is 2.18. The average Bonchev–Trinajstić information content (AvgIpc) is 3.10. The van der Waals surface area contributed by atoms with Crippen LogP contribution in [0.2, 0.25) is 0 Å². The molecule has 3 N–H and O–H groups in total. The van der Waals surface area contributed by atoms with E-state index in [0.717, 1.165) is 77.2 Å². The number of likely N-dealkylation sites (N-methyl/N-ethyl adjacent to an activating group) is 1. The quantitative estimate of drug-likeness (QED) is 0.269. The molecule has 0 aromatic carbocycles. The molecule has 2 unspecified atom stereocenters. The summed E-state index contributed by atoms with van der Waals surface area (Å²) in [6.45, 7) is 8.82. The number of nitrogens with one attached hydrogen (secondary N) is 2. The van der Waals surface area contributed by atoms with Crippen molar-refractivity contribution < 1.29 is 9.90 Å². The average molecular weight is 384 g/mol. The van der Waals surface area contributed by atoms with E-state index in [1.165, 1.54) is 0 Å². The van der Waals surface area contributed by atoms with Crippen LogP contribution in [0, 0.1) is 5.92 Å². The molecule has 0 spiro atoms. The van der Waals surface area contributed by atoms with Crippen LogP contribution < -0.4 is 10.6 Å². The molecule has 1 fully saturated rings. The highest BCUT2D eigenvalue weighted by molar-refractivity contribution is 5.81. The van der Waals surface area contributed by atoms with Crippen LogP contribution in [0.3, 0.4) is 0 Å². The van der Waals surface area contributed by atoms with Crippen molar-refractivity contribution in [1.82, 2.24) is 20.4 Å². The largest absolute Gasteiger partial charge is 0.396 e. The Balaban J connectivity index is 2.41. The molecule has 1 aliphatic rings. The van der Waals surface area contributed by atoms with Crippen LogP contribution >= 0.6 is 0 Å². The van der Waals surface area contributed by atoms with Gasteiger partial charge in [-0.1, -0.05) is 13.3 Å². The van der Waals surface area contributed by atoms with Crippen LogP contribution in [-0.2, 0) is 4.79 Å². The first kappa shape index (κ1) is 23.7. The topological polar surface area (TPSA) is 80.2 Å². The number of nitrogens with zero attached hydrogens (tertiary/aromatic N) is 3. The zero-order chi connectivity index (χ0) is 20.1. The maximum atomic E-state index is 12.3. The molecule has 0 aliphatic carbocycles. The second-order valence-corrected chi connectivity index (χ2v) is 7.59. The fourth-order valence-electron chi connectivity index (χ4n) is 3.64. The molecular formula is C20H41N5O2. The van der Waals surface area contributed by atoms with Gasteiger partial charge in [0.05, 0.1) is 6.04 Å². The summed E-state index contributed by atoms with van der Waals surface area (Å²) in [5.41, 5.74) is 0. The van der Waals surface area contributed by atoms with Crippen LogP contribution in [0.25, 0.3) is 0 Å². The van der Waals surface area contributed by atoms with Gasteiger partial charge in [0.1, 0.15) is 0 Å². The molecule has 1 saturated heterocycles. The number of carbonyl (C=O) groups is 1. The normalized spacial score (nSPS) is 19.1. The van der Waals surface area contributed by atoms with Gasteiger partial charge in [0.2, 0.25) is 5.91 Å². The van der Waals surface area contributed by atoms with Gasteiger partial charge in [-0.3, -0.25) is 14.7 Å². The van der Waals surface area contributed by atoms with E-state index >= 15 is 0 Å². The summed E-state index contributed by atoms with van der Waals surface area (Å²) in [5.74, 6) is 1.51. The Hall–Kier alpha value is -1.34. The lowest BCUT2D eigenvalue weighted by Crippen LogP contribution is -2.44. The minimum atomic E-state index is 0.0511. The summed E-state index contributed by atoms with van der Waals surface area (Å²) < 4.78 is 0. The summed E-state index contributed by atoms with van der Waals surface area (Å²) in [4.78, 5) is 21.0. The van der Waals surface area contributed by atoms with Gasteiger partial charge in [0, 0.05) is 46.9 Å². The van der Waals surface area contributed by atoms with E-state index in [1.54, 1.807) is 4.90 Å². The molecule has 0 aromatic rings. The number of amides is 1. The molecule has 27 heavy (non-hydrogen) atoms. The predicted molar refractivity (Wildman–Crippen MR) is 112 cm³/mol. The van der Waals surface area contributed by atoms with Gasteiger partial charge in [-0.05, 0) is 51.5 Å². The Morgan fingerprint density at radius 3 is 2.70 bits per heavy atom. The third-order valence-corrected chi connectivity index (χ3v) is 5.09. The minimum absolute atomic E-state index is 0.0511. The highest BCUT2D eigenvalue weighted by Gasteiger charge is 2.30. The molecule has 158 valence electrons. The van der Waals surface area contributed by atoms with E-state index < -0.39 is 0 Å². The summed E-state index contributed by atoms with van der Waals surface area (Å²) in [6.07, 6.45) is 6.08. The molecule has 1 amide bonds. The Kier molecular flexibility index (Phi) is 12.1. The van der Waals surface area contributed by atoms with Crippen molar-refractivity contribution in [3.8, 4) is 0 Å². The van der Waals surface area contributed by atoms with Gasteiger partial charge in [-0.25, -0.2) is 0 Å². The van der Waals surface area contributed by atoms with Crippen molar-refractivity contribution in [2.75, 3.05) is 53.4 Å². The summed E-state index contributed by atoms with van der Waals surface area (Å²) >= 11 is 0. The van der Waals surface area contributed by atoms with Crippen LogP contribution in [0.4, 0.5) is 0 Å². The SMILES string of the molecule is CCCC(CCO)CN=C(NCC)NCCCN1CCCC1C(=O)N(C)C. The number of aliphatic hydroxyl groups excluding tert-OH is 1. The van der Waals surface area contributed by atoms with Crippen molar-refractivity contribution in [2.45, 2.75) is 58.4 Å². The summed E-state index contributed by atoms with van der Waals surface area (Å²) in [6, 6.07) is 0.0511. The van der Waals surface area contributed by atoms with E-state index in [-0.39, 0.29) is 18.6 Å². The third-order valence-electron chi connectivity index (χ3n) is 5.09. The van der Waals surface area contributed by atoms with E-state index in [0.29, 0.717) is 5.92 Å². The lowest BCUT2D eigenvalue weighted by Gasteiger charge is -2.26. The monoisotopic (exact) mass is 383 g/mol. The number of likely N-dealkylation sites (tertiary alicyclic amines) is 1. The molecule has 7 heteroatoms. The fraction of sp³-hybridized carbons (Fsp3) is 0.900. The lowest BCUT2D eigenvalue weighted by atomic mass is 10.0. The number of aliphatic imine (C=N–C) groups is 1. The van der Waals surface area contributed by atoms with Crippen LogP contribution in [-0.4, -0.2) is 86.2 Å². The van der Waals surface area contributed by atoms with Crippen molar-refractivity contribution in [3.63, 3.8) is 0 Å². The summed E-state index contributed by atoms with van der Waals surface area (Å²) in [5, 5.41) is 15.9. The molecule has 0 radical (unpaired) electrons. The third kappa shape index (κ3) is 8.93. The first-order chi connectivity index (χ1) is 13.0. The van der Waals surface area contributed by atoms with E-state index in [2.05, 4.69) is 29.4 Å². The summed E-state index contributed by atoms with van der Waals surface area (Å²) in [7, 11) is 3.67. The van der Waals surface area contributed by atoms with E-state index in [9.17, 15) is 9.90 Å². The zero-order valence-electron chi connectivity index (χ0n) is 17.8. The van der Waals surface area contributed by atoms with Gasteiger partial charge in [-0.15, -0.1) is 0 Å².